The molecule has 0 fully saturated rings. The first-order chi connectivity index (χ1) is 13.8. The molecule has 0 bridgehead atoms. The van der Waals surface area contributed by atoms with Gasteiger partial charge in [0.1, 0.15) is 5.82 Å². The molecule has 1 aliphatic heterocycles. The lowest BCUT2D eigenvalue weighted by atomic mass is 10.1. The molecular weight excluding hydrogens is 403 g/mol. The molecule has 148 valence electrons. The van der Waals surface area contributed by atoms with Gasteiger partial charge >= 0.3 is 5.97 Å². The second-order valence-electron chi connectivity index (χ2n) is 6.02. The highest BCUT2D eigenvalue weighted by molar-refractivity contribution is 6.30. The second-order valence-corrected chi connectivity index (χ2v) is 6.45. The van der Waals surface area contributed by atoms with E-state index in [-0.39, 0.29) is 33.9 Å². The third kappa shape index (κ3) is 4.17. The maximum absolute atomic E-state index is 13.7. The van der Waals surface area contributed by atoms with Gasteiger partial charge < -0.3 is 10.1 Å². The molecule has 0 atom stereocenters. The molecule has 1 heterocycles. The molecule has 7 nitrogen and oxygen atoms in total. The highest BCUT2D eigenvalue weighted by atomic mass is 35.5. The number of hydrogen-bond acceptors (Lipinski definition) is 5. The fourth-order valence-electron chi connectivity index (χ4n) is 2.70. The summed E-state index contributed by atoms with van der Waals surface area (Å²) in [5.41, 5.74) is 0.124. The first kappa shape index (κ1) is 20.2. The van der Waals surface area contributed by atoms with Crippen LogP contribution in [0.1, 0.15) is 31.1 Å². The maximum Gasteiger partial charge on any atom is 0.338 e. The molecule has 0 unspecified atom stereocenters. The average molecular weight is 417 g/mol. The van der Waals surface area contributed by atoms with Crippen molar-refractivity contribution >= 4 is 41.0 Å². The number of carbonyl (C=O) groups is 4. The van der Waals surface area contributed by atoms with E-state index in [1.54, 1.807) is 0 Å². The van der Waals surface area contributed by atoms with Crippen molar-refractivity contribution in [3.05, 3.63) is 76.6 Å². The van der Waals surface area contributed by atoms with Crippen LogP contribution in [0.4, 0.5) is 10.1 Å². The van der Waals surface area contributed by atoms with E-state index in [1.807, 2.05) is 0 Å². The van der Waals surface area contributed by atoms with Crippen molar-refractivity contribution < 1.29 is 28.3 Å². The Morgan fingerprint density at radius 2 is 1.86 bits per heavy atom. The number of amides is 3. The van der Waals surface area contributed by atoms with Crippen LogP contribution < -0.4 is 5.32 Å². The average Bonchev–Trinajstić information content (AvgIpc) is 2.93. The number of rotatable bonds is 6. The highest BCUT2D eigenvalue weighted by Crippen LogP contribution is 2.24. The van der Waals surface area contributed by atoms with E-state index >= 15 is 0 Å². The van der Waals surface area contributed by atoms with Crippen molar-refractivity contribution in [1.29, 1.82) is 0 Å². The molecule has 3 amide bonds. The summed E-state index contributed by atoms with van der Waals surface area (Å²) >= 11 is 5.64. The molecular formula is C20H14ClFN2O5. The molecule has 2 aromatic rings. The fraction of sp³-hybridized carbons (Fsp3) is 0.100. The lowest BCUT2D eigenvalue weighted by Gasteiger charge is -2.09. The molecule has 0 aliphatic carbocycles. The summed E-state index contributed by atoms with van der Waals surface area (Å²) < 4.78 is 18.6. The molecule has 0 aromatic heterocycles. The largest absolute Gasteiger partial charge is 0.452 e. The molecule has 29 heavy (non-hydrogen) atoms. The fourth-order valence-corrected chi connectivity index (χ4v) is 2.86. The predicted octanol–water partition coefficient (Wildman–Crippen LogP) is 3.06. The zero-order chi connectivity index (χ0) is 21.1. The van der Waals surface area contributed by atoms with Crippen LogP contribution in [0.2, 0.25) is 5.02 Å². The summed E-state index contributed by atoms with van der Waals surface area (Å²) in [5.74, 6) is -3.39. The van der Waals surface area contributed by atoms with Crippen LogP contribution in [0.5, 0.6) is 0 Å². The van der Waals surface area contributed by atoms with Crippen molar-refractivity contribution in [3.8, 4) is 0 Å². The lowest BCUT2D eigenvalue weighted by molar-refractivity contribution is -0.119. The molecule has 2 aromatic carbocycles. The Balaban J connectivity index is 1.65. The van der Waals surface area contributed by atoms with Gasteiger partial charge in [0.2, 0.25) is 0 Å². The predicted molar refractivity (Wildman–Crippen MR) is 102 cm³/mol. The molecule has 0 saturated heterocycles. The molecule has 1 N–H and O–H groups in total. The van der Waals surface area contributed by atoms with E-state index in [4.69, 9.17) is 16.3 Å². The van der Waals surface area contributed by atoms with Gasteiger partial charge in [0.15, 0.2) is 6.61 Å². The third-order valence-electron chi connectivity index (χ3n) is 4.06. The topological polar surface area (TPSA) is 92.8 Å². The minimum atomic E-state index is -0.873. The lowest BCUT2D eigenvalue weighted by Crippen LogP contribution is -2.29. The summed E-state index contributed by atoms with van der Waals surface area (Å²) in [6.07, 6.45) is 1.42. The Bertz CT molecular complexity index is 1050. The Kier molecular flexibility index (Phi) is 5.74. The van der Waals surface area contributed by atoms with Gasteiger partial charge in [-0.2, -0.15) is 0 Å². The SMILES string of the molecule is C=CCN1C(=O)c2ccc(C(=O)OCC(=O)Nc3ccc(Cl)cc3F)cc2C1=O. The monoisotopic (exact) mass is 416 g/mol. The van der Waals surface area contributed by atoms with Crippen LogP contribution in [0.25, 0.3) is 0 Å². The minimum absolute atomic E-state index is 0.00386. The number of anilines is 1. The van der Waals surface area contributed by atoms with Crippen molar-refractivity contribution in [3.63, 3.8) is 0 Å². The quantitative estimate of drug-likeness (QED) is 0.444. The number of ether oxygens (including phenoxy) is 1. The van der Waals surface area contributed by atoms with Gasteiger partial charge in [0.05, 0.1) is 22.4 Å². The number of nitrogens with one attached hydrogen (secondary N) is 1. The minimum Gasteiger partial charge on any atom is -0.452 e. The Labute approximate surface area is 169 Å². The molecule has 1 aliphatic rings. The molecule has 9 heteroatoms. The second kappa shape index (κ2) is 8.24. The van der Waals surface area contributed by atoms with E-state index in [0.717, 1.165) is 11.0 Å². The Hall–Kier alpha value is -3.52. The maximum atomic E-state index is 13.7. The molecule has 0 spiro atoms. The smallest absolute Gasteiger partial charge is 0.338 e. The normalized spacial score (nSPS) is 12.6. The number of hydrogen-bond donors (Lipinski definition) is 1. The van der Waals surface area contributed by atoms with Crippen LogP contribution in [0.15, 0.2) is 49.1 Å². The van der Waals surface area contributed by atoms with Crippen LogP contribution in [-0.2, 0) is 9.53 Å². The van der Waals surface area contributed by atoms with Crippen LogP contribution in [0, 0.1) is 5.82 Å². The zero-order valence-electron chi connectivity index (χ0n) is 14.9. The van der Waals surface area contributed by atoms with Crippen molar-refractivity contribution in [2.45, 2.75) is 0 Å². The van der Waals surface area contributed by atoms with Crippen LogP contribution in [0.3, 0.4) is 0 Å². The third-order valence-corrected chi connectivity index (χ3v) is 4.29. The molecule has 0 radical (unpaired) electrons. The van der Waals surface area contributed by atoms with Gasteiger partial charge in [-0.15, -0.1) is 6.58 Å². The van der Waals surface area contributed by atoms with Gasteiger partial charge in [-0.1, -0.05) is 17.7 Å². The van der Waals surface area contributed by atoms with Crippen molar-refractivity contribution in [1.82, 2.24) is 4.90 Å². The molecule has 3 rings (SSSR count). The number of imide groups is 1. The summed E-state index contributed by atoms with van der Waals surface area (Å²) in [6.45, 7) is 2.87. The number of benzene rings is 2. The van der Waals surface area contributed by atoms with E-state index in [0.29, 0.717) is 0 Å². The van der Waals surface area contributed by atoms with Gasteiger partial charge in [0, 0.05) is 11.6 Å². The number of esters is 1. The first-order valence-electron chi connectivity index (χ1n) is 8.35. The van der Waals surface area contributed by atoms with Crippen LogP contribution >= 0.6 is 11.6 Å². The molecule has 0 saturated carbocycles. The van der Waals surface area contributed by atoms with Crippen molar-refractivity contribution in [2.24, 2.45) is 0 Å². The summed E-state index contributed by atoms with van der Waals surface area (Å²) in [4.78, 5) is 49.5. The Morgan fingerprint density at radius 1 is 1.14 bits per heavy atom. The van der Waals surface area contributed by atoms with E-state index in [1.165, 1.54) is 36.4 Å². The number of carbonyl (C=O) groups excluding carboxylic acids is 4. The van der Waals surface area contributed by atoms with Gasteiger partial charge in [0.25, 0.3) is 17.7 Å². The van der Waals surface area contributed by atoms with E-state index in [2.05, 4.69) is 11.9 Å². The van der Waals surface area contributed by atoms with Gasteiger partial charge in [-0.25, -0.2) is 9.18 Å². The van der Waals surface area contributed by atoms with Gasteiger partial charge in [-0.3, -0.25) is 19.3 Å². The standard InChI is InChI=1S/C20H14ClFN2O5/c1-2-7-24-18(26)13-5-3-11(8-14(13)19(24)27)20(28)29-10-17(25)23-16-6-4-12(21)9-15(16)22/h2-6,8-9H,1,7,10H2,(H,23,25). The number of halogens is 2. The summed E-state index contributed by atoms with van der Waals surface area (Å²) in [5, 5.41) is 2.42. The number of fused-ring (bicyclic) bond motifs is 1. The van der Waals surface area contributed by atoms with Gasteiger partial charge in [-0.05, 0) is 36.4 Å². The highest BCUT2D eigenvalue weighted by Gasteiger charge is 2.35. The zero-order valence-corrected chi connectivity index (χ0v) is 15.7. The summed E-state index contributed by atoms with van der Waals surface area (Å²) in [6, 6.07) is 7.60. The first-order valence-corrected chi connectivity index (χ1v) is 8.72. The number of nitrogens with zero attached hydrogens (tertiary/aromatic N) is 1. The summed E-state index contributed by atoms with van der Waals surface area (Å²) in [7, 11) is 0. The van der Waals surface area contributed by atoms with E-state index in [9.17, 15) is 23.6 Å². The Morgan fingerprint density at radius 3 is 2.55 bits per heavy atom. The van der Waals surface area contributed by atoms with E-state index < -0.39 is 36.1 Å². The van der Waals surface area contributed by atoms with Crippen molar-refractivity contribution in [2.75, 3.05) is 18.5 Å². The van der Waals surface area contributed by atoms with Crippen LogP contribution in [-0.4, -0.2) is 41.7 Å².